The standard InChI is InChI=1S/C14H21NO4/c1-2-19-13-7-11(3-4-12(13)16)8-15-9-14(17)5-6-18-10-14/h3-4,7,15-17H,2,5-6,8-10H2,1H3. The molecule has 0 aromatic heterocycles. The first kappa shape index (κ1) is 14.1. The van der Waals surface area contributed by atoms with Crippen LogP contribution in [-0.2, 0) is 11.3 Å². The van der Waals surface area contributed by atoms with E-state index >= 15 is 0 Å². The number of aliphatic hydroxyl groups is 1. The molecule has 1 aliphatic heterocycles. The maximum atomic E-state index is 10.1. The van der Waals surface area contributed by atoms with Gasteiger partial charge in [-0.25, -0.2) is 0 Å². The van der Waals surface area contributed by atoms with Crippen molar-refractivity contribution >= 4 is 0 Å². The predicted octanol–water partition coefficient (Wildman–Crippen LogP) is 1.03. The van der Waals surface area contributed by atoms with Gasteiger partial charge in [-0.05, 0) is 24.6 Å². The molecule has 1 aromatic rings. The highest BCUT2D eigenvalue weighted by Crippen LogP contribution is 2.26. The minimum atomic E-state index is -0.750. The molecule has 1 saturated heterocycles. The summed E-state index contributed by atoms with van der Waals surface area (Å²) < 4.78 is 10.5. The lowest BCUT2D eigenvalue weighted by Gasteiger charge is -2.20. The largest absolute Gasteiger partial charge is 0.504 e. The van der Waals surface area contributed by atoms with Gasteiger partial charge in [0.2, 0.25) is 0 Å². The second-order valence-electron chi connectivity index (χ2n) is 4.87. The predicted molar refractivity (Wildman–Crippen MR) is 71.4 cm³/mol. The van der Waals surface area contributed by atoms with Gasteiger partial charge >= 0.3 is 0 Å². The van der Waals surface area contributed by atoms with Gasteiger partial charge in [0, 0.05) is 26.1 Å². The fraction of sp³-hybridized carbons (Fsp3) is 0.571. The van der Waals surface area contributed by atoms with Crippen molar-refractivity contribution < 1.29 is 19.7 Å². The molecule has 1 atom stereocenters. The first-order valence-corrected chi connectivity index (χ1v) is 6.58. The number of aromatic hydroxyl groups is 1. The minimum Gasteiger partial charge on any atom is -0.504 e. The molecular weight excluding hydrogens is 246 g/mol. The van der Waals surface area contributed by atoms with E-state index in [1.165, 1.54) is 0 Å². The zero-order valence-electron chi connectivity index (χ0n) is 11.2. The quantitative estimate of drug-likeness (QED) is 0.718. The molecule has 0 spiro atoms. The summed E-state index contributed by atoms with van der Waals surface area (Å²) in [4.78, 5) is 0. The molecule has 1 unspecified atom stereocenters. The van der Waals surface area contributed by atoms with Crippen molar-refractivity contribution in [2.24, 2.45) is 0 Å². The van der Waals surface area contributed by atoms with Gasteiger partial charge in [-0.3, -0.25) is 0 Å². The lowest BCUT2D eigenvalue weighted by atomic mass is 10.0. The molecule has 2 rings (SSSR count). The van der Waals surface area contributed by atoms with E-state index in [0.717, 1.165) is 5.56 Å². The minimum absolute atomic E-state index is 0.147. The fourth-order valence-corrected chi connectivity index (χ4v) is 2.12. The zero-order chi connectivity index (χ0) is 13.7. The Bertz CT molecular complexity index is 416. The zero-order valence-corrected chi connectivity index (χ0v) is 11.2. The number of phenols is 1. The molecule has 3 N–H and O–H groups in total. The van der Waals surface area contributed by atoms with Crippen molar-refractivity contribution in [1.29, 1.82) is 0 Å². The van der Waals surface area contributed by atoms with Crippen molar-refractivity contribution in [2.75, 3.05) is 26.4 Å². The summed E-state index contributed by atoms with van der Waals surface area (Å²) in [5, 5.41) is 22.9. The number of hydrogen-bond acceptors (Lipinski definition) is 5. The number of benzene rings is 1. The van der Waals surface area contributed by atoms with Crippen LogP contribution in [-0.4, -0.2) is 42.2 Å². The van der Waals surface area contributed by atoms with E-state index in [1.54, 1.807) is 12.1 Å². The van der Waals surface area contributed by atoms with Crippen LogP contribution in [0.5, 0.6) is 11.5 Å². The van der Waals surface area contributed by atoms with Crippen LogP contribution in [0.2, 0.25) is 0 Å². The molecular formula is C14H21NO4. The second-order valence-corrected chi connectivity index (χ2v) is 4.87. The molecule has 5 heteroatoms. The third-order valence-corrected chi connectivity index (χ3v) is 3.19. The Labute approximate surface area is 113 Å². The normalized spacial score (nSPS) is 22.6. The average molecular weight is 267 g/mol. The number of nitrogens with one attached hydrogen (secondary N) is 1. The molecule has 0 aliphatic carbocycles. The Kier molecular flexibility index (Phi) is 4.63. The van der Waals surface area contributed by atoms with Gasteiger partial charge in [0.1, 0.15) is 5.60 Å². The Morgan fingerprint density at radius 3 is 3.00 bits per heavy atom. The van der Waals surface area contributed by atoms with Crippen LogP contribution in [0.4, 0.5) is 0 Å². The van der Waals surface area contributed by atoms with Crippen molar-refractivity contribution in [3.63, 3.8) is 0 Å². The van der Waals surface area contributed by atoms with Crippen LogP contribution in [0.25, 0.3) is 0 Å². The third kappa shape index (κ3) is 3.83. The molecule has 1 aliphatic rings. The number of rotatable bonds is 6. The number of phenolic OH excluding ortho intramolecular Hbond substituents is 1. The maximum absolute atomic E-state index is 10.1. The molecule has 0 radical (unpaired) electrons. The van der Waals surface area contributed by atoms with E-state index < -0.39 is 5.60 Å². The van der Waals surface area contributed by atoms with E-state index in [-0.39, 0.29) is 5.75 Å². The number of ether oxygens (including phenoxy) is 2. The molecule has 1 fully saturated rings. The van der Waals surface area contributed by atoms with E-state index in [9.17, 15) is 10.2 Å². The lowest BCUT2D eigenvalue weighted by Crippen LogP contribution is -2.40. The van der Waals surface area contributed by atoms with Crippen LogP contribution < -0.4 is 10.1 Å². The summed E-state index contributed by atoms with van der Waals surface area (Å²) in [6.45, 7) is 4.51. The molecule has 1 aromatic carbocycles. The van der Waals surface area contributed by atoms with Crippen molar-refractivity contribution in [3.05, 3.63) is 23.8 Å². The van der Waals surface area contributed by atoms with Gasteiger partial charge in [0.25, 0.3) is 0 Å². The Hall–Kier alpha value is -1.30. The van der Waals surface area contributed by atoms with Gasteiger partial charge in [0.05, 0.1) is 13.2 Å². The lowest BCUT2D eigenvalue weighted by molar-refractivity contribution is 0.0268. The van der Waals surface area contributed by atoms with E-state index in [0.29, 0.717) is 45.1 Å². The first-order valence-electron chi connectivity index (χ1n) is 6.58. The second kappa shape index (κ2) is 6.23. The van der Waals surface area contributed by atoms with E-state index in [2.05, 4.69) is 5.32 Å². The van der Waals surface area contributed by atoms with E-state index in [1.807, 2.05) is 13.0 Å². The number of hydrogen-bond donors (Lipinski definition) is 3. The van der Waals surface area contributed by atoms with Crippen LogP contribution in [0, 0.1) is 0 Å². The maximum Gasteiger partial charge on any atom is 0.161 e. The Morgan fingerprint density at radius 1 is 1.47 bits per heavy atom. The van der Waals surface area contributed by atoms with Crippen molar-refractivity contribution in [2.45, 2.75) is 25.5 Å². The van der Waals surface area contributed by atoms with Crippen LogP contribution in [0.3, 0.4) is 0 Å². The van der Waals surface area contributed by atoms with Crippen LogP contribution in [0.1, 0.15) is 18.9 Å². The topological polar surface area (TPSA) is 71.0 Å². The van der Waals surface area contributed by atoms with E-state index in [4.69, 9.17) is 9.47 Å². The SMILES string of the molecule is CCOc1cc(CNCC2(O)CCOC2)ccc1O. The summed E-state index contributed by atoms with van der Waals surface area (Å²) in [7, 11) is 0. The molecule has 1 heterocycles. The van der Waals surface area contributed by atoms with Crippen LogP contribution in [0.15, 0.2) is 18.2 Å². The molecule has 0 amide bonds. The van der Waals surface area contributed by atoms with Crippen molar-refractivity contribution in [1.82, 2.24) is 5.32 Å². The van der Waals surface area contributed by atoms with Gasteiger partial charge < -0.3 is 25.0 Å². The molecule has 5 nitrogen and oxygen atoms in total. The van der Waals surface area contributed by atoms with Gasteiger partial charge in [-0.2, -0.15) is 0 Å². The summed E-state index contributed by atoms with van der Waals surface area (Å²) in [5.41, 5.74) is 0.253. The first-order chi connectivity index (χ1) is 9.13. The fourth-order valence-electron chi connectivity index (χ4n) is 2.12. The molecule has 19 heavy (non-hydrogen) atoms. The highest BCUT2D eigenvalue weighted by Gasteiger charge is 2.31. The monoisotopic (exact) mass is 267 g/mol. The van der Waals surface area contributed by atoms with Gasteiger partial charge in [-0.15, -0.1) is 0 Å². The highest BCUT2D eigenvalue weighted by atomic mass is 16.5. The summed E-state index contributed by atoms with van der Waals surface area (Å²) in [6.07, 6.45) is 0.666. The van der Waals surface area contributed by atoms with Crippen LogP contribution >= 0.6 is 0 Å². The summed E-state index contributed by atoms with van der Waals surface area (Å²) in [6, 6.07) is 5.26. The Morgan fingerprint density at radius 2 is 2.32 bits per heavy atom. The highest BCUT2D eigenvalue weighted by molar-refractivity contribution is 5.41. The smallest absolute Gasteiger partial charge is 0.161 e. The molecule has 0 bridgehead atoms. The van der Waals surface area contributed by atoms with Gasteiger partial charge in [0.15, 0.2) is 11.5 Å². The Balaban J connectivity index is 1.87. The average Bonchev–Trinajstić information content (AvgIpc) is 2.81. The van der Waals surface area contributed by atoms with Crippen molar-refractivity contribution in [3.8, 4) is 11.5 Å². The molecule has 106 valence electrons. The van der Waals surface area contributed by atoms with Gasteiger partial charge in [-0.1, -0.05) is 6.07 Å². The molecule has 0 saturated carbocycles. The summed E-state index contributed by atoms with van der Waals surface area (Å²) >= 11 is 0. The summed E-state index contributed by atoms with van der Waals surface area (Å²) in [5.74, 6) is 0.637. The third-order valence-electron chi connectivity index (χ3n) is 3.19.